The van der Waals surface area contributed by atoms with E-state index in [2.05, 4.69) is 15.6 Å². The van der Waals surface area contributed by atoms with Crippen molar-refractivity contribution in [2.75, 3.05) is 12.4 Å². The van der Waals surface area contributed by atoms with Gasteiger partial charge in [-0.2, -0.15) is 5.10 Å². The van der Waals surface area contributed by atoms with Crippen LogP contribution in [0.2, 0.25) is 5.02 Å². The number of halogens is 1. The van der Waals surface area contributed by atoms with Gasteiger partial charge in [0.15, 0.2) is 5.52 Å². The molecule has 0 saturated carbocycles. The third kappa shape index (κ3) is 3.40. The molecule has 0 aliphatic heterocycles. The molecule has 1 aromatic carbocycles. The minimum atomic E-state index is -0.807. The first-order valence-electron chi connectivity index (χ1n) is 8.37. The molecule has 0 aliphatic rings. The molecule has 0 radical (unpaired) electrons. The lowest BCUT2D eigenvalue weighted by atomic mass is 10.2. The van der Waals surface area contributed by atoms with Gasteiger partial charge in [-0.05, 0) is 38.5 Å². The fourth-order valence-corrected chi connectivity index (χ4v) is 3.22. The van der Waals surface area contributed by atoms with Crippen LogP contribution in [-0.2, 0) is 4.79 Å². The molecule has 27 heavy (non-hydrogen) atoms. The Kier molecular flexibility index (Phi) is 5.18. The van der Waals surface area contributed by atoms with E-state index in [-0.39, 0.29) is 11.4 Å². The molecular formula is C18H19ClN4O4. The van der Waals surface area contributed by atoms with E-state index in [1.807, 2.05) is 0 Å². The summed E-state index contributed by atoms with van der Waals surface area (Å²) in [4.78, 5) is 25.5. The number of hydrogen-bond acceptors (Lipinski definition) is 6. The number of carbonyl (C=O) groups excluding carboxylic acids is 1. The molecule has 3 rings (SSSR count). The summed E-state index contributed by atoms with van der Waals surface area (Å²) in [5, 5.41) is 11.8. The van der Waals surface area contributed by atoms with Gasteiger partial charge in [0, 0.05) is 5.69 Å². The second kappa shape index (κ2) is 7.40. The van der Waals surface area contributed by atoms with E-state index in [4.69, 9.17) is 20.9 Å². The topological polar surface area (TPSA) is 99.2 Å². The van der Waals surface area contributed by atoms with Crippen molar-refractivity contribution in [3.05, 3.63) is 45.0 Å². The first kappa shape index (κ1) is 18.9. The van der Waals surface area contributed by atoms with E-state index in [0.29, 0.717) is 39.7 Å². The molecule has 1 amide bonds. The number of hydrogen-bond donors (Lipinski definition) is 1. The molecule has 0 saturated heterocycles. The van der Waals surface area contributed by atoms with Crippen molar-refractivity contribution >= 4 is 34.1 Å². The molecule has 9 heteroatoms. The van der Waals surface area contributed by atoms with E-state index in [9.17, 15) is 9.59 Å². The lowest BCUT2D eigenvalue weighted by Crippen LogP contribution is -2.35. The minimum Gasteiger partial charge on any atom is -0.495 e. The Bertz CT molecular complexity index is 1070. The lowest BCUT2D eigenvalue weighted by molar-refractivity contribution is -0.119. The van der Waals surface area contributed by atoms with Crippen LogP contribution in [0.4, 0.5) is 5.69 Å². The first-order valence-corrected chi connectivity index (χ1v) is 8.75. The van der Waals surface area contributed by atoms with Gasteiger partial charge in [-0.25, -0.2) is 4.68 Å². The highest BCUT2D eigenvalue weighted by Crippen LogP contribution is 2.28. The predicted molar refractivity (Wildman–Crippen MR) is 101 cm³/mol. The molecule has 142 valence electrons. The Morgan fingerprint density at radius 2 is 2.15 bits per heavy atom. The van der Waals surface area contributed by atoms with Gasteiger partial charge < -0.3 is 14.6 Å². The van der Waals surface area contributed by atoms with Gasteiger partial charge in [0.2, 0.25) is 5.91 Å². The smallest absolute Gasteiger partial charge is 0.297 e. The molecule has 0 spiro atoms. The van der Waals surface area contributed by atoms with Gasteiger partial charge in [-0.15, -0.1) is 0 Å². The maximum Gasteiger partial charge on any atom is 0.297 e. The highest BCUT2D eigenvalue weighted by atomic mass is 35.5. The van der Waals surface area contributed by atoms with Crippen LogP contribution in [0, 0.1) is 13.8 Å². The molecule has 3 aromatic rings. The highest BCUT2D eigenvalue weighted by molar-refractivity contribution is 6.32. The zero-order chi connectivity index (χ0) is 19.7. The van der Waals surface area contributed by atoms with E-state index in [1.165, 1.54) is 7.11 Å². The van der Waals surface area contributed by atoms with Crippen LogP contribution in [0.15, 0.2) is 27.5 Å². The summed E-state index contributed by atoms with van der Waals surface area (Å²) in [6, 6.07) is 4.09. The fourth-order valence-electron chi connectivity index (χ4n) is 2.96. The Morgan fingerprint density at radius 3 is 2.78 bits per heavy atom. The Morgan fingerprint density at radius 1 is 1.41 bits per heavy atom. The van der Waals surface area contributed by atoms with Crippen LogP contribution < -0.4 is 15.6 Å². The Labute approximate surface area is 160 Å². The third-order valence-corrected chi connectivity index (χ3v) is 4.59. The van der Waals surface area contributed by atoms with Crippen molar-refractivity contribution in [3.63, 3.8) is 0 Å². The van der Waals surface area contributed by atoms with Gasteiger partial charge in [0.25, 0.3) is 5.56 Å². The lowest BCUT2D eigenvalue weighted by Gasteiger charge is -2.17. The number of fused-ring (bicyclic) bond motifs is 1. The Balaban J connectivity index is 1.96. The largest absolute Gasteiger partial charge is 0.495 e. The second-order valence-corrected chi connectivity index (χ2v) is 6.47. The van der Waals surface area contributed by atoms with E-state index in [1.54, 1.807) is 39.0 Å². The van der Waals surface area contributed by atoms with Crippen LogP contribution in [0.3, 0.4) is 0 Å². The molecule has 2 aromatic heterocycles. The minimum absolute atomic E-state index is 0.166. The summed E-state index contributed by atoms with van der Waals surface area (Å²) < 4.78 is 11.4. The zero-order valence-corrected chi connectivity index (χ0v) is 16.1. The number of methoxy groups -OCH3 is 1. The summed E-state index contributed by atoms with van der Waals surface area (Å²) in [6.45, 7) is 5.26. The maximum absolute atomic E-state index is 12.8. The molecule has 0 fully saturated rings. The van der Waals surface area contributed by atoms with Crippen molar-refractivity contribution < 1.29 is 14.1 Å². The molecule has 1 N–H and O–H groups in total. The number of amides is 1. The Hall–Kier alpha value is -2.87. The number of nitrogens with one attached hydrogen (secondary N) is 1. The molecule has 8 nitrogen and oxygen atoms in total. The molecule has 0 bridgehead atoms. The number of nitrogens with zero attached hydrogens (tertiary/aromatic N) is 3. The SMILES string of the molecule is CCC(C(=O)Nc1ccc(OC)c(Cl)c1)n1nc(C)c2c(C)onc2c1=O. The standard InChI is InChI=1S/C18H19ClN4O4/c1-5-13(17(24)20-11-6-7-14(26-4)12(19)8-11)23-18(25)16-15(9(2)21-23)10(3)27-22-16/h6-8,13H,5H2,1-4H3,(H,20,24). The quantitative estimate of drug-likeness (QED) is 0.717. The molecule has 2 heterocycles. The predicted octanol–water partition coefficient (Wildman–Crippen LogP) is 3.25. The van der Waals surface area contributed by atoms with Gasteiger partial charge >= 0.3 is 0 Å². The maximum atomic E-state index is 12.8. The third-order valence-electron chi connectivity index (χ3n) is 4.30. The average molecular weight is 391 g/mol. The number of aryl methyl sites for hydroxylation is 2. The van der Waals surface area contributed by atoms with Gasteiger partial charge in [0.05, 0.1) is 23.2 Å². The molecule has 0 aliphatic carbocycles. The number of benzene rings is 1. The van der Waals surface area contributed by atoms with Crippen molar-refractivity contribution in [1.82, 2.24) is 14.9 Å². The normalized spacial score (nSPS) is 12.2. The van der Waals surface area contributed by atoms with Crippen LogP contribution in [0.5, 0.6) is 5.75 Å². The van der Waals surface area contributed by atoms with E-state index in [0.717, 1.165) is 4.68 Å². The number of aromatic nitrogens is 3. The van der Waals surface area contributed by atoms with Crippen LogP contribution in [0.25, 0.3) is 10.9 Å². The average Bonchev–Trinajstić information content (AvgIpc) is 3.02. The van der Waals surface area contributed by atoms with Crippen LogP contribution in [0.1, 0.15) is 30.8 Å². The van der Waals surface area contributed by atoms with Crippen molar-refractivity contribution in [3.8, 4) is 5.75 Å². The monoisotopic (exact) mass is 390 g/mol. The summed E-state index contributed by atoms with van der Waals surface area (Å²) >= 11 is 6.09. The number of rotatable bonds is 5. The van der Waals surface area contributed by atoms with Crippen LogP contribution in [-0.4, -0.2) is 28.0 Å². The van der Waals surface area contributed by atoms with Gasteiger partial charge in [-0.1, -0.05) is 23.7 Å². The first-order chi connectivity index (χ1) is 12.9. The summed E-state index contributed by atoms with van der Waals surface area (Å²) in [5.41, 5.74) is 0.760. The highest BCUT2D eigenvalue weighted by Gasteiger charge is 2.25. The second-order valence-electron chi connectivity index (χ2n) is 6.06. The summed E-state index contributed by atoms with van der Waals surface area (Å²) in [5.74, 6) is 0.638. The van der Waals surface area contributed by atoms with Crippen molar-refractivity contribution in [2.45, 2.75) is 33.2 Å². The zero-order valence-electron chi connectivity index (χ0n) is 15.4. The molecule has 1 unspecified atom stereocenters. The fraction of sp³-hybridized carbons (Fsp3) is 0.333. The number of anilines is 1. The summed E-state index contributed by atoms with van der Waals surface area (Å²) in [6.07, 6.45) is 0.365. The molecule has 1 atom stereocenters. The van der Waals surface area contributed by atoms with Crippen molar-refractivity contribution in [1.29, 1.82) is 0 Å². The number of carbonyl (C=O) groups is 1. The van der Waals surface area contributed by atoms with Gasteiger partial charge in [0.1, 0.15) is 17.6 Å². The van der Waals surface area contributed by atoms with Crippen molar-refractivity contribution in [2.24, 2.45) is 0 Å². The van der Waals surface area contributed by atoms with E-state index < -0.39 is 11.6 Å². The number of ether oxygens (including phenoxy) is 1. The summed E-state index contributed by atoms with van der Waals surface area (Å²) in [7, 11) is 1.51. The van der Waals surface area contributed by atoms with Crippen LogP contribution >= 0.6 is 11.6 Å². The van der Waals surface area contributed by atoms with Gasteiger partial charge in [-0.3, -0.25) is 9.59 Å². The molecular weight excluding hydrogens is 372 g/mol. The van der Waals surface area contributed by atoms with E-state index >= 15 is 0 Å².